The molecule has 4 heteroatoms. The maximum atomic E-state index is 2.70. The summed E-state index contributed by atoms with van der Waals surface area (Å²) >= 11 is 0. The van der Waals surface area contributed by atoms with Gasteiger partial charge in [0.15, 0.2) is 0 Å². The number of fused-ring (bicyclic) bond motifs is 10. The van der Waals surface area contributed by atoms with Crippen LogP contribution in [0.15, 0.2) is 413 Å². The van der Waals surface area contributed by atoms with Crippen LogP contribution < -0.4 is 26.2 Å². The molecule has 0 atom stereocenters. The Kier molecular flexibility index (Phi) is 15.0. The van der Waals surface area contributed by atoms with Gasteiger partial charge in [-0.3, -0.25) is 0 Å². The number of benzene rings is 18. The van der Waals surface area contributed by atoms with Crippen molar-refractivity contribution in [1.82, 2.24) is 4.57 Å². The Labute approximate surface area is 629 Å². The summed E-state index contributed by atoms with van der Waals surface area (Å²) in [5, 5.41) is 7.25. The van der Waals surface area contributed by atoms with E-state index in [-0.39, 0.29) is 6.71 Å². The molecule has 3 heterocycles. The van der Waals surface area contributed by atoms with Gasteiger partial charge in [-0.2, -0.15) is 0 Å². The van der Waals surface area contributed by atoms with Crippen LogP contribution in [0.25, 0.3) is 149 Å². The minimum absolute atomic E-state index is 0.298. The summed E-state index contributed by atoms with van der Waals surface area (Å²) in [5.41, 5.74) is 33.9. The first kappa shape index (κ1) is 62.5. The number of aromatic nitrogens is 1. The highest BCUT2D eigenvalue weighted by Gasteiger charge is 2.46. The SMILES string of the molecule is c1ccc(-c2ccc3c(c2)B2c4cc(-c5ccccc5)ccc4N(c4c(-c5ccccc5)cc(-c5ccccc5)cc4-c4ccccc4)c4cc(-n5c6ccc(-c7ccc8ccccc8c7)cc6c6c7ccccc7ccc65)cc(c42)N3c2c(-c3ccccc3)cc(-c3ccccc3)cc2-c2ccccc2)cc1. The molecule has 3 nitrogen and oxygen atoms in total. The van der Waals surface area contributed by atoms with E-state index in [0.717, 1.165) is 140 Å². The molecule has 0 unspecified atom stereocenters. The van der Waals surface area contributed by atoms with Gasteiger partial charge in [-0.05, 0) is 189 Å². The van der Waals surface area contributed by atoms with Crippen molar-refractivity contribution in [1.29, 1.82) is 0 Å². The van der Waals surface area contributed by atoms with E-state index in [9.17, 15) is 0 Å². The zero-order valence-corrected chi connectivity index (χ0v) is 59.2. The van der Waals surface area contributed by atoms with Gasteiger partial charge in [-0.15, -0.1) is 0 Å². The Balaban J connectivity index is 0.962. The van der Waals surface area contributed by atoms with E-state index in [4.69, 9.17) is 0 Å². The molecule has 0 spiro atoms. The fraction of sp³-hybridized carbons (Fsp3) is 0. The van der Waals surface area contributed by atoms with Crippen molar-refractivity contribution in [2.24, 2.45) is 0 Å². The lowest BCUT2D eigenvalue weighted by Gasteiger charge is -2.46. The van der Waals surface area contributed by atoms with Crippen LogP contribution in [0.2, 0.25) is 0 Å². The van der Waals surface area contributed by atoms with Gasteiger partial charge in [0.1, 0.15) is 0 Å². The molecule has 2 aliphatic rings. The molecule has 2 aliphatic heterocycles. The molecule has 21 rings (SSSR count). The second-order valence-electron chi connectivity index (χ2n) is 28.6. The summed E-state index contributed by atoms with van der Waals surface area (Å²) in [6, 6.07) is 154. The van der Waals surface area contributed by atoms with E-state index in [1.807, 2.05) is 0 Å². The molecule has 0 saturated carbocycles. The molecule has 108 heavy (non-hydrogen) atoms. The topological polar surface area (TPSA) is 11.4 Å². The highest BCUT2D eigenvalue weighted by molar-refractivity contribution is 7.00. The first-order valence-corrected chi connectivity index (χ1v) is 37.4. The zero-order valence-electron chi connectivity index (χ0n) is 59.2. The van der Waals surface area contributed by atoms with Crippen LogP contribution in [-0.2, 0) is 0 Å². The molecule has 19 aromatic rings. The predicted molar refractivity (Wildman–Crippen MR) is 459 cm³/mol. The molecule has 0 aliphatic carbocycles. The average Bonchev–Trinajstić information content (AvgIpc) is 0.868. The van der Waals surface area contributed by atoms with Gasteiger partial charge in [0.2, 0.25) is 0 Å². The first-order chi connectivity index (χ1) is 53.6. The third kappa shape index (κ3) is 10.5. The quantitative estimate of drug-likeness (QED) is 0.113. The fourth-order valence-corrected chi connectivity index (χ4v) is 17.5. The molecular weight excluding hydrogens is 1300 g/mol. The molecule has 0 N–H and O–H groups in total. The molecule has 0 fully saturated rings. The fourth-order valence-electron chi connectivity index (χ4n) is 17.5. The zero-order chi connectivity index (χ0) is 71.2. The van der Waals surface area contributed by atoms with Crippen molar-refractivity contribution in [2.75, 3.05) is 9.80 Å². The second-order valence-corrected chi connectivity index (χ2v) is 28.6. The van der Waals surface area contributed by atoms with Crippen LogP contribution in [-0.4, -0.2) is 11.3 Å². The summed E-state index contributed by atoms with van der Waals surface area (Å²) in [5.74, 6) is 0. The summed E-state index contributed by atoms with van der Waals surface area (Å²) in [6.45, 7) is -0.298. The van der Waals surface area contributed by atoms with Crippen LogP contribution in [0.5, 0.6) is 0 Å². The van der Waals surface area contributed by atoms with Crippen LogP contribution in [0, 0.1) is 0 Å². The summed E-state index contributed by atoms with van der Waals surface area (Å²) in [7, 11) is 0. The van der Waals surface area contributed by atoms with Gasteiger partial charge in [0.05, 0.1) is 28.1 Å². The third-order valence-corrected chi connectivity index (χ3v) is 22.5. The van der Waals surface area contributed by atoms with Gasteiger partial charge < -0.3 is 14.4 Å². The summed E-state index contributed by atoms with van der Waals surface area (Å²) in [4.78, 5) is 5.39. The largest absolute Gasteiger partial charge is 0.310 e. The molecule has 502 valence electrons. The minimum Gasteiger partial charge on any atom is -0.310 e. The Hall–Kier alpha value is -14.1. The Morgan fingerprint density at radius 2 is 0.528 bits per heavy atom. The molecular formula is C104H68BN3. The monoisotopic (exact) mass is 1370 g/mol. The Morgan fingerprint density at radius 1 is 0.194 bits per heavy atom. The Morgan fingerprint density at radius 3 is 0.972 bits per heavy atom. The second kappa shape index (κ2) is 26.0. The van der Waals surface area contributed by atoms with Crippen molar-refractivity contribution in [2.45, 2.75) is 0 Å². The number of anilines is 6. The average molecular weight is 1370 g/mol. The predicted octanol–water partition coefficient (Wildman–Crippen LogP) is 26.2. The summed E-state index contributed by atoms with van der Waals surface area (Å²) in [6.07, 6.45) is 0. The summed E-state index contributed by atoms with van der Waals surface area (Å²) < 4.78 is 2.59. The van der Waals surface area contributed by atoms with Gasteiger partial charge in [0, 0.05) is 55.8 Å². The highest BCUT2D eigenvalue weighted by atomic mass is 15.2. The number of hydrogen-bond acceptors (Lipinski definition) is 2. The number of hydrogen-bond donors (Lipinski definition) is 0. The van der Waals surface area contributed by atoms with Crippen LogP contribution in [0.3, 0.4) is 0 Å². The van der Waals surface area contributed by atoms with E-state index in [1.165, 1.54) is 59.8 Å². The van der Waals surface area contributed by atoms with Gasteiger partial charge in [0.25, 0.3) is 6.71 Å². The van der Waals surface area contributed by atoms with Crippen LogP contribution >= 0.6 is 0 Å². The van der Waals surface area contributed by atoms with E-state index in [2.05, 4.69) is 427 Å². The van der Waals surface area contributed by atoms with Crippen molar-refractivity contribution >= 4 is 101 Å². The molecule has 18 aromatic carbocycles. The molecule has 0 saturated heterocycles. The van der Waals surface area contributed by atoms with Crippen molar-refractivity contribution in [3.8, 4) is 106 Å². The lowest BCUT2D eigenvalue weighted by molar-refractivity contribution is 1.16. The smallest absolute Gasteiger partial charge is 0.252 e. The highest BCUT2D eigenvalue weighted by Crippen LogP contribution is 2.56. The van der Waals surface area contributed by atoms with E-state index in [0.29, 0.717) is 0 Å². The van der Waals surface area contributed by atoms with Crippen molar-refractivity contribution < 1.29 is 0 Å². The van der Waals surface area contributed by atoms with Gasteiger partial charge in [-0.25, -0.2) is 0 Å². The lowest BCUT2D eigenvalue weighted by Crippen LogP contribution is -2.61. The van der Waals surface area contributed by atoms with E-state index >= 15 is 0 Å². The van der Waals surface area contributed by atoms with Crippen LogP contribution in [0.4, 0.5) is 34.1 Å². The van der Waals surface area contributed by atoms with Gasteiger partial charge >= 0.3 is 0 Å². The maximum absolute atomic E-state index is 2.70. The normalized spacial score (nSPS) is 12.2. The van der Waals surface area contributed by atoms with Gasteiger partial charge in [-0.1, -0.05) is 340 Å². The van der Waals surface area contributed by atoms with Crippen molar-refractivity contribution in [3.05, 3.63) is 413 Å². The molecule has 1 aromatic heterocycles. The Bertz CT molecular complexity index is 6290. The number of nitrogens with zero attached hydrogens (tertiary/aromatic N) is 3. The molecule has 0 radical (unpaired) electrons. The third-order valence-electron chi connectivity index (χ3n) is 22.5. The first-order valence-electron chi connectivity index (χ1n) is 37.4. The van der Waals surface area contributed by atoms with Crippen molar-refractivity contribution in [3.63, 3.8) is 0 Å². The molecule has 0 amide bonds. The standard InChI is InChI=1S/C104H68BN3/c1-9-29-69(30-10-1)82-53-56-96-93(65-82)105-94-66-83(70-31-11-2-12-32-70)54-57-97(94)108(104-90(76-42-21-7-22-43-76)63-85(72-35-15-4-16-36-72)64-91(104)77-44-23-8-24-45-77)100-68-86(106-95-55-52-81(80-50-49-73-37-25-26-47-79(73)59-80)60-92(95)101-87-48-28-27-46-78(87)51-58-98(101)106)67-99(102(100)105)107(96)103-88(74-38-17-5-18-39-74)61-84(71-33-13-3-14-34-71)62-89(103)75-40-19-6-20-41-75/h1-68H. The maximum Gasteiger partial charge on any atom is 0.252 e. The molecule has 0 bridgehead atoms. The van der Waals surface area contributed by atoms with E-state index in [1.54, 1.807) is 0 Å². The van der Waals surface area contributed by atoms with E-state index < -0.39 is 0 Å². The number of rotatable bonds is 12. The minimum atomic E-state index is -0.298. The lowest BCUT2D eigenvalue weighted by atomic mass is 9.33. The van der Waals surface area contributed by atoms with Crippen LogP contribution in [0.1, 0.15) is 0 Å².